The van der Waals surface area contributed by atoms with Crippen LogP contribution in [0.2, 0.25) is 0 Å². The summed E-state index contributed by atoms with van der Waals surface area (Å²) in [5.74, 6) is -1.21. The molecule has 0 radical (unpaired) electrons. The van der Waals surface area contributed by atoms with Gasteiger partial charge in [-0.3, -0.25) is 19.3 Å². The molecule has 0 saturated carbocycles. The second-order valence-corrected chi connectivity index (χ2v) is 5.72. The third-order valence-electron chi connectivity index (χ3n) is 4.35. The molecule has 3 saturated heterocycles. The second kappa shape index (κ2) is 5.73. The Morgan fingerprint density at radius 1 is 1.05 bits per heavy atom. The van der Waals surface area contributed by atoms with Crippen molar-refractivity contribution in [3.05, 3.63) is 0 Å². The van der Waals surface area contributed by atoms with Crippen molar-refractivity contribution in [1.29, 1.82) is 0 Å². The van der Waals surface area contributed by atoms with Gasteiger partial charge in [0.05, 0.1) is 13.2 Å². The monoisotopic (exact) mass is 296 g/mol. The lowest BCUT2D eigenvalue weighted by Crippen LogP contribution is -2.53. The summed E-state index contributed by atoms with van der Waals surface area (Å²) >= 11 is 0. The first-order chi connectivity index (χ1) is 10.1. The average Bonchev–Trinajstić information content (AvgIpc) is 2.81. The maximum absolute atomic E-state index is 12.2. The van der Waals surface area contributed by atoms with Gasteiger partial charge >= 0.3 is 0 Å². The first-order valence-electron chi connectivity index (χ1n) is 7.49. The molecule has 3 heterocycles. The van der Waals surface area contributed by atoms with Crippen molar-refractivity contribution in [1.82, 2.24) is 9.80 Å². The number of carbonyl (C=O) groups excluding carboxylic acids is 3. The van der Waals surface area contributed by atoms with E-state index in [2.05, 4.69) is 0 Å². The van der Waals surface area contributed by atoms with Gasteiger partial charge in [-0.25, -0.2) is 0 Å². The summed E-state index contributed by atoms with van der Waals surface area (Å²) in [5.41, 5.74) is 0. The van der Waals surface area contributed by atoms with Crippen LogP contribution in [0.15, 0.2) is 0 Å². The SMILES string of the molecule is O=C(CN1C(=O)CCC1=O)N1CCC2(CC1)OCCCO2. The Labute approximate surface area is 123 Å². The number of ether oxygens (including phenoxy) is 2. The summed E-state index contributed by atoms with van der Waals surface area (Å²) in [6.07, 6.45) is 2.62. The standard InChI is InChI=1S/C14H20N2O5/c17-11-2-3-12(18)16(11)10-13(19)15-6-4-14(5-7-15)20-8-1-9-21-14/h1-10H2. The van der Waals surface area contributed by atoms with Gasteiger partial charge < -0.3 is 14.4 Å². The fourth-order valence-electron chi connectivity index (χ4n) is 3.04. The molecule has 3 aliphatic heterocycles. The molecule has 3 rings (SSSR count). The molecule has 0 aromatic carbocycles. The molecule has 1 spiro atoms. The van der Waals surface area contributed by atoms with E-state index < -0.39 is 5.79 Å². The number of nitrogens with zero attached hydrogens (tertiary/aromatic N) is 2. The van der Waals surface area contributed by atoms with Gasteiger partial charge in [-0.15, -0.1) is 0 Å². The van der Waals surface area contributed by atoms with E-state index in [1.807, 2.05) is 0 Å². The Hall–Kier alpha value is -1.47. The van der Waals surface area contributed by atoms with E-state index in [0.29, 0.717) is 39.1 Å². The minimum atomic E-state index is -0.533. The van der Waals surface area contributed by atoms with Crippen molar-refractivity contribution in [2.24, 2.45) is 0 Å². The predicted molar refractivity (Wildman–Crippen MR) is 71.0 cm³/mol. The van der Waals surface area contributed by atoms with Gasteiger partial charge in [0.2, 0.25) is 17.7 Å². The fraction of sp³-hybridized carbons (Fsp3) is 0.786. The van der Waals surface area contributed by atoms with Gasteiger partial charge in [0.25, 0.3) is 0 Å². The molecule has 0 unspecified atom stereocenters. The van der Waals surface area contributed by atoms with Crippen LogP contribution in [-0.2, 0) is 23.9 Å². The first kappa shape index (κ1) is 14.5. The number of carbonyl (C=O) groups is 3. The Morgan fingerprint density at radius 3 is 2.19 bits per heavy atom. The summed E-state index contributed by atoms with van der Waals surface area (Å²) < 4.78 is 11.4. The summed E-state index contributed by atoms with van der Waals surface area (Å²) in [7, 11) is 0. The van der Waals surface area contributed by atoms with Crippen molar-refractivity contribution < 1.29 is 23.9 Å². The fourth-order valence-corrected chi connectivity index (χ4v) is 3.04. The molecule has 3 amide bonds. The zero-order valence-electron chi connectivity index (χ0n) is 12.0. The number of likely N-dealkylation sites (tertiary alicyclic amines) is 2. The van der Waals surface area contributed by atoms with Gasteiger partial charge in [0, 0.05) is 38.8 Å². The van der Waals surface area contributed by atoms with Crippen LogP contribution in [0.4, 0.5) is 0 Å². The third kappa shape index (κ3) is 2.94. The minimum absolute atomic E-state index is 0.133. The van der Waals surface area contributed by atoms with E-state index >= 15 is 0 Å². The van der Waals surface area contributed by atoms with Crippen molar-refractivity contribution in [3.8, 4) is 0 Å². The lowest BCUT2D eigenvalue weighted by Gasteiger charge is -2.43. The molecule has 0 atom stereocenters. The lowest BCUT2D eigenvalue weighted by molar-refractivity contribution is -0.282. The maximum atomic E-state index is 12.2. The zero-order valence-corrected chi connectivity index (χ0v) is 12.0. The zero-order chi connectivity index (χ0) is 14.9. The number of hydrogen-bond donors (Lipinski definition) is 0. The van der Waals surface area contributed by atoms with Gasteiger partial charge in [-0.05, 0) is 6.42 Å². The first-order valence-corrected chi connectivity index (χ1v) is 7.49. The Kier molecular flexibility index (Phi) is 3.95. The summed E-state index contributed by atoms with van der Waals surface area (Å²) in [5, 5.41) is 0. The number of amides is 3. The molecule has 0 aromatic heterocycles. The molecule has 7 heteroatoms. The van der Waals surface area contributed by atoms with Crippen molar-refractivity contribution in [2.75, 3.05) is 32.8 Å². The molecule has 0 aliphatic carbocycles. The number of piperidine rings is 1. The Bertz CT molecular complexity index is 432. The van der Waals surface area contributed by atoms with Gasteiger partial charge in [0.1, 0.15) is 6.54 Å². The van der Waals surface area contributed by atoms with Crippen LogP contribution < -0.4 is 0 Å². The van der Waals surface area contributed by atoms with Crippen LogP contribution >= 0.6 is 0 Å². The van der Waals surface area contributed by atoms with Gasteiger partial charge in [-0.1, -0.05) is 0 Å². The normalized spacial score (nSPS) is 25.7. The van der Waals surface area contributed by atoms with Crippen LogP contribution in [0.5, 0.6) is 0 Å². The minimum Gasteiger partial charge on any atom is -0.350 e. The molecular weight excluding hydrogens is 276 g/mol. The van der Waals surface area contributed by atoms with Crippen LogP contribution in [0.3, 0.4) is 0 Å². The Balaban J connectivity index is 1.53. The molecule has 3 aliphatic rings. The van der Waals surface area contributed by atoms with Crippen LogP contribution in [-0.4, -0.2) is 66.2 Å². The maximum Gasteiger partial charge on any atom is 0.242 e. The van der Waals surface area contributed by atoms with Crippen LogP contribution in [0.25, 0.3) is 0 Å². The lowest BCUT2D eigenvalue weighted by atomic mass is 10.0. The molecule has 3 fully saturated rings. The molecule has 0 aromatic rings. The number of imide groups is 1. The molecule has 116 valence electrons. The number of hydrogen-bond acceptors (Lipinski definition) is 5. The quantitative estimate of drug-likeness (QED) is 0.665. The van der Waals surface area contributed by atoms with Crippen LogP contribution in [0, 0.1) is 0 Å². The smallest absolute Gasteiger partial charge is 0.242 e. The molecule has 7 nitrogen and oxygen atoms in total. The summed E-state index contributed by atoms with van der Waals surface area (Å²) in [6, 6.07) is 0. The second-order valence-electron chi connectivity index (χ2n) is 5.72. The van der Waals surface area contributed by atoms with E-state index in [-0.39, 0.29) is 37.1 Å². The van der Waals surface area contributed by atoms with E-state index in [1.54, 1.807) is 4.90 Å². The molecule has 0 bridgehead atoms. The van der Waals surface area contributed by atoms with Crippen LogP contribution in [0.1, 0.15) is 32.1 Å². The van der Waals surface area contributed by atoms with E-state index in [9.17, 15) is 14.4 Å². The van der Waals surface area contributed by atoms with E-state index in [0.717, 1.165) is 11.3 Å². The molecular formula is C14H20N2O5. The third-order valence-corrected chi connectivity index (χ3v) is 4.35. The summed E-state index contributed by atoms with van der Waals surface area (Å²) in [4.78, 5) is 38.0. The largest absolute Gasteiger partial charge is 0.350 e. The highest BCUT2D eigenvalue weighted by Crippen LogP contribution is 2.30. The highest BCUT2D eigenvalue weighted by molar-refractivity contribution is 6.04. The molecule has 21 heavy (non-hydrogen) atoms. The number of rotatable bonds is 2. The van der Waals surface area contributed by atoms with E-state index in [4.69, 9.17) is 9.47 Å². The highest BCUT2D eigenvalue weighted by Gasteiger charge is 2.40. The summed E-state index contributed by atoms with van der Waals surface area (Å²) in [6.45, 7) is 2.34. The topological polar surface area (TPSA) is 76.2 Å². The van der Waals surface area contributed by atoms with Gasteiger partial charge in [0.15, 0.2) is 5.79 Å². The van der Waals surface area contributed by atoms with Crippen molar-refractivity contribution in [2.45, 2.75) is 37.9 Å². The average molecular weight is 296 g/mol. The molecule has 0 N–H and O–H groups in total. The van der Waals surface area contributed by atoms with Crippen molar-refractivity contribution in [3.63, 3.8) is 0 Å². The highest BCUT2D eigenvalue weighted by atomic mass is 16.7. The van der Waals surface area contributed by atoms with Crippen molar-refractivity contribution >= 4 is 17.7 Å². The van der Waals surface area contributed by atoms with Gasteiger partial charge in [-0.2, -0.15) is 0 Å². The van der Waals surface area contributed by atoms with E-state index in [1.165, 1.54) is 0 Å². The predicted octanol–water partition coefficient (Wildman–Crippen LogP) is -0.109. The Morgan fingerprint density at radius 2 is 1.62 bits per heavy atom.